The molecule has 0 amide bonds. The summed E-state index contributed by atoms with van der Waals surface area (Å²) in [4.78, 5) is 11.9. The lowest BCUT2D eigenvalue weighted by Gasteiger charge is -2.22. The van der Waals surface area contributed by atoms with Crippen molar-refractivity contribution < 1.29 is 9.90 Å². The Kier molecular flexibility index (Phi) is 4.60. The lowest BCUT2D eigenvalue weighted by atomic mass is 10.0. The van der Waals surface area contributed by atoms with E-state index in [2.05, 4.69) is 30.1 Å². The van der Waals surface area contributed by atoms with Crippen LogP contribution in [0.2, 0.25) is 0 Å². The number of rotatable bonds is 6. The highest BCUT2D eigenvalue weighted by molar-refractivity contribution is 7.99. The van der Waals surface area contributed by atoms with Crippen LogP contribution in [0.15, 0.2) is 29.0 Å². The molecule has 5 nitrogen and oxygen atoms in total. The number of hydrogen-bond donors (Lipinski definition) is 1. The van der Waals surface area contributed by atoms with Crippen molar-refractivity contribution in [3.8, 4) is 0 Å². The summed E-state index contributed by atoms with van der Waals surface area (Å²) in [6, 6.07) is 4.25. The topological polar surface area (TPSA) is 68.0 Å². The maximum atomic E-state index is 10.7. The molecular formula is C12H15N3O2S2. The van der Waals surface area contributed by atoms with Gasteiger partial charge in [-0.1, -0.05) is 31.7 Å². The fourth-order valence-corrected chi connectivity index (χ4v) is 3.56. The Hall–Kier alpha value is -1.34. The molecule has 1 unspecified atom stereocenters. The Morgan fingerprint density at radius 1 is 1.58 bits per heavy atom. The molecule has 1 atom stereocenters. The van der Waals surface area contributed by atoms with Crippen LogP contribution in [-0.2, 0) is 4.79 Å². The second kappa shape index (κ2) is 6.21. The van der Waals surface area contributed by atoms with Gasteiger partial charge in [0.05, 0.1) is 11.8 Å². The Bertz CT molecular complexity index is 537. The summed E-state index contributed by atoms with van der Waals surface area (Å²) >= 11 is 2.89. The predicted octanol–water partition coefficient (Wildman–Crippen LogP) is 2.76. The van der Waals surface area contributed by atoms with Gasteiger partial charge in [-0.3, -0.25) is 9.36 Å². The largest absolute Gasteiger partial charge is 0.481 e. The van der Waals surface area contributed by atoms with Gasteiger partial charge in [-0.2, -0.15) is 0 Å². The number of carbonyl (C=O) groups is 1. The van der Waals surface area contributed by atoms with Gasteiger partial charge >= 0.3 is 5.97 Å². The minimum Gasteiger partial charge on any atom is -0.481 e. The molecule has 0 aromatic carbocycles. The molecule has 2 rings (SSSR count). The monoisotopic (exact) mass is 297 g/mol. The van der Waals surface area contributed by atoms with Crippen LogP contribution in [0.5, 0.6) is 0 Å². The van der Waals surface area contributed by atoms with Gasteiger partial charge in [0.2, 0.25) is 0 Å². The van der Waals surface area contributed by atoms with Crippen LogP contribution in [0.4, 0.5) is 0 Å². The molecule has 0 radical (unpaired) electrons. The quantitative estimate of drug-likeness (QED) is 0.830. The van der Waals surface area contributed by atoms with Crippen LogP contribution >= 0.6 is 23.1 Å². The second-order valence-corrected chi connectivity index (χ2v) is 6.33. The first-order valence-corrected chi connectivity index (χ1v) is 7.73. The Balaban J connectivity index is 2.28. The van der Waals surface area contributed by atoms with Crippen molar-refractivity contribution in [3.63, 3.8) is 0 Å². The van der Waals surface area contributed by atoms with Crippen molar-refractivity contribution >= 4 is 29.1 Å². The zero-order valence-electron chi connectivity index (χ0n) is 10.7. The second-order valence-electron chi connectivity index (χ2n) is 4.41. The highest BCUT2D eigenvalue weighted by Gasteiger charge is 2.22. The van der Waals surface area contributed by atoms with Gasteiger partial charge in [0.15, 0.2) is 5.16 Å². The number of thioether (sulfide) groups is 1. The average Bonchev–Trinajstić information content (AvgIpc) is 2.98. The molecule has 102 valence electrons. The summed E-state index contributed by atoms with van der Waals surface area (Å²) in [6.45, 7) is 4.27. The highest BCUT2D eigenvalue weighted by Crippen LogP contribution is 2.32. The maximum absolute atomic E-state index is 10.7. The summed E-state index contributed by atoms with van der Waals surface area (Å²) in [5.74, 6) is -0.482. The van der Waals surface area contributed by atoms with Crippen LogP contribution in [-0.4, -0.2) is 31.6 Å². The minimum absolute atomic E-state index is 0.00600. The van der Waals surface area contributed by atoms with E-state index >= 15 is 0 Å². The fourth-order valence-electron chi connectivity index (χ4n) is 1.90. The van der Waals surface area contributed by atoms with Crippen LogP contribution < -0.4 is 0 Å². The zero-order valence-corrected chi connectivity index (χ0v) is 12.3. The molecule has 19 heavy (non-hydrogen) atoms. The normalized spacial score (nSPS) is 12.8. The van der Waals surface area contributed by atoms with Crippen LogP contribution in [0.1, 0.15) is 24.8 Å². The van der Waals surface area contributed by atoms with E-state index in [0.29, 0.717) is 11.1 Å². The molecule has 0 aliphatic carbocycles. The molecule has 0 fully saturated rings. The summed E-state index contributed by atoms with van der Waals surface area (Å²) in [7, 11) is 0. The maximum Gasteiger partial charge on any atom is 0.313 e. The van der Waals surface area contributed by atoms with Gasteiger partial charge < -0.3 is 5.11 Å². The number of carboxylic acid groups (broad SMARTS) is 1. The third kappa shape index (κ3) is 3.36. The smallest absolute Gasteiger partial charge is 0.313 e. The molecule has 0 aliphatic heterocycles. The van der Waals surface area contributed by atoms with Crippen molar-refractivity contribution in [2.75, 3.05) is 5.75 Å². The molecule has 1 N–H and O–H groups in total. The number of nitrogens with zero attached hydrogens (tertiary/aromatic N) is 3. The standard InChI is InChI=1S/C12H15N3O2S2/c1-8(2)11(9-4-3-5-18-9)15-7-13-14-12(15)19-6-10(16)17/h3-5,7-8,11H,6H2,1-2H3,(H,16,17). The predicted molar refractivity (Wildman–Crippen MR) is 75.7 cm³/mol. The van der Waals surface area contributed by atoms with Gasteiger partial charge in [-0.15, -0.1) is 21.5 Å². The average molecular weight is 297 g/mol. The Morgan fingerprint density at radius 2 is 2.37 bits per heavy atom. The first-order valence-electron chi connectivity index (χ1n) is 5.87. The van der Waals surface area contributed by atoms with Gasteiger partial charge in [0.25, 0.3) is 0 Å². The zero-order chi connectivity index (χ0) is 13.8. The molecule has 0 saturated carbocycles. The molecule has 0 spiro atoms. The minimum atomic E-state index is -0.850. The number of aliphatic carboxylic acids is 1. The number of carboxylic acids is 1. The van der Waals surface area contributed by atoms with Crippen molar-refractivity contribution in [1.29, 1.82) is 0 Å². The van der Waals surface area contributed by atoms with E-state index in [1.54, 1.807) is 17.7 Å². The first-order chi connectivity index (χ1) is 9.09. The Labute approximate surface area is 119 Å². The number of hydrogen-bond acceptors (Lipinski definition) is 5. The Morgan fingerprint density at radius 3 is 2.95 bits per heavy atom. The van der Waals surface area contributed by atoms with E-state index in [-0.39, 0.29) is 11.8 Å². The third-order valence-corrected chi connectivity index (χ3v) is 4.52. The molecule has 2 aromatic heterocycles. The molecule has 2 heterocycles. The lowest BCUT2D eigenvalue weighted by Crippen LogP contribution is -2.16. The summed E-state index contributed by atoms with van der Waals surface area (Å²) in [5, 5.41) is 19.4. The summed E-state index contributed by atoms with van der Waals surface area (Å²) in [6.07, 6.45) is 1.68. The molecule has 2 aromatic rings. The fraction of sp³-hybridized carbons (Fsp3) is 0.417. The van der Waals surface area contributed by atoms with E-state index in [4.69, 9.17) is 5.11 Å². The SMILES string of the molecule is CC(C)C(c1cccs1)n1cnnc1SCC(=O)O. The van der Waals surface area contributed by atoms with E-state index in [1.807, 2.05) is 16.0 Å². The number of thiophene rings is 1. The lowest BCUT2D eigenvalue weighted by molar-refractivity contribution is -0.133. The van der Waals surface area contributed by atoms with E-state index in [1.165, 1.54) is 16.6 Å². The van der Waals surface area contributed by atoms with E-state index in [0.717, 1.165) is 0 Å². The highest BCUT2D eigenvalue weighted by atomic mass is 32.2. The van der Waals surface area contributed by atoms with Crippen LogP contribution in [0.3, 0.4) is 0 Å². The van der Waals surface area contributed by atoms with Crippen molar-refractivity contribution in [2.45, 2.75) is 25.0 Å². The molecule has 0 bridgehead atoms. The van der Waals surface area contributed by atoms with E-state index < -0.39 is 5.97 Å². The first kappa shape index (κ1) is 14.1. The van der Waals surface area contributed by atoms with E-state index in [9.17, 15) is 4.79 Å². The van der Waals surface area contributed by atoms with Crippen molar-refractivity contribution in [1.82, 2.24) is 14.8 Å². The van der Waals surface area contributed by atoms with Gasteiger partial charge in [-0.25, -0.2) is 0 Å². The van der Waals surface area contributed by atoms with Gasteiger partial charge in [0, 0.05) is 4.88 Å². The summed E-state index contributed by atoms with van der Waals surface area (Å²) in [5.41, 5.74) is 0. The van der Waals surface area contributed by atoms with Crippen molar-refractivity contribution in [2.24, 2.45) is 5.92 Å². The molecule has 7 heteroatoms. The van der Waals surface area contributed by atoms with Crippen LogP contribution in [0.25, 0.3) is 0 Å². The van der Waals surface area contributed by atoms with Gasteiger partial charge in [-0.05, 0) is 17.4 Å². The third-order valence-electron chi connectivity index (χ3n) is 2.63. The number of aromatic nitrogens is 3. The molecular weight excluding hydrogens is 282 g/mol. The molecule has 0 saturated heterocycles. The van der Waals surface area contributed by atoms with Gasteiger partial charge in [0.1, 0.15) is 6.33 Å². The summed E-state index contributed by atoms with van der Waals surface area (Å²) < 4.78 is 1.96. The molecule has 0 aliphatic rings. The van der Waals surface area contributed by atoms with Crippen LogP contribution in [0, 0.1) is 5.92 Å². The van der Waals surface area contributed by atoms with Crippen molar-refractivity contribution in [3.05, 3.63) is 28.7 Å².